The number of anilines is 1. The normalized spacial score (nSPS) is 15.2. The van der Waals surface area contributed by atoms with Gasteiger partial charge in [0.15, 0.2) is 0 Å². The number of amides is 2. The Morgan fingerprint density at radius 3 is 2.41 bits per heavy atom. The third-order valence-corrected chi connectivity index (χ3v) is 7.43. The number of hydrogen-bond acceptors (Lipinski definition) is 4. The molecule has 0 saturated heterocycles. The van der Waals surface area contributed by atoms with Crippen LogP contribution in [0.1, 0.15) is 59.8 Å². The van der Waals surface area contributed by atoms with Gasteiger partial charge >= 0.3 is 6.18 Å². The molecule has 3 aromatic rings. The maximum absolute atomic E-state index is 13.0. The molecule has 5 nitrogen and oxygen atoms in total. The number of ether oxygens (including phenoxy) is 1. The molecule has 0 aliphatic carbocycles. The van der Waals surface area contributed by atoms with Gasteiger partial charge in [-0.2, -0.15) is 13.2 Å². The number of nitrogens with one attached hydrogen (secondary N) is 1. The maximum Gasteiger partial charge on any atom is 0.416 e. The Morgan fingerprint density at radius 2 is 1.77 bits per heavy atom. The fourth-order valence-corrected chi connectivity index (χ4v) is 5.10. The van der Waals surface area contributed by atoms with Gasteiger partial charge < -0.3 is 15.0 Å². The molecule has 1 atom stereocenters. The molecule has 0 fully saturated rings. The largest absolute Gasteiger partial charge is 0.494 e. The topological polar surface area (TPSA) is 58.6 Å². The van der Waals surface area contributed by atoms with E-state index < -0.39 is 11.7 Å². The number of alkyl halides is 3. The lowest BCUT2D eigenvalue weighted by molar-refractivity contribution is -0.137. The summed E-state index contributed by atoms with van der Waals surface area (Å²) in [6.45, 7) is 4.67. The minimum absolute atomic E-state index is 0.245. The first-order chi connectivity index (χ1) is 18.6. The van der Waals surface area contributed by atoms with E-state index in [0.29, 0.717) is 28.3 Å². The molecule has 0 bridgehead atoms. The fourth-order valence-electron chi connectivity index (χ4n) is 4.01. The van der Waals surface area contributed by atoms with Gasteiger partial charge in [-0.15, -0.1) is 0 Å². The summed E-state index contributed by atoms with van der Waals surface area (Å²) in [5, 5.41) is 2.99. The molecule has 39 heavy (non-hydrogen) atoms. The molecule has 0 saturated carbocycles. The summed E-state index contributed by atoms with van der Waals surface area (Å²) in [5.74, 6) is 0.211. The van der Waals surface area contributed by atoms with Crippen LogP contribution >= 0.6 is 11.8 Å². The highest BCUT2D eigenvalue weighted by atomic mass is 32.2. The molecule has 4 rings (SSSR count). The van der Waals surface area contributed by atoms with E-state index in [1.807, 2.05) is 31.2 Å². The molecule has 2 amide bonds. The molecule has 0 spiro atoms. The van der Waals surface area contributed by atoms with E-state index in [4.69, 9.17) is 4.74 Å². The Balaban J connectivity index is 1.45. The van der Waals surface area contributed by atoms with E-state index in [1.54, 1.807) is 31.3 Å². The van der Waals surface area contributed by atoms with Crippen LogP contribution in [0.4, 0.5) is 18.9 Å². The van der Waals surface area contributed by atoms with E-state index in [2.05, 4.69) is 12.2 Å². The lowest BCUT2D eigenvalue weighted by atomic mass is 10.1. The van der Waals surface area contributed by atoms with Gasteiger partial charge in [0.05, 0.1) is 28.8 Å². The van der Waals surface area contributed by atoms with Gasteiger partial charge in [0.25, 0.3) is 11.8 Å². The van der Waals surface area contributed by atoms with Crippen LogP contribution in [0.15, 0.2) is 76.5 Å². The minimum atomic E-state index is -4.42. The van der Waals surface area contributed by atoms with Crippen molar-refractivity contribution in [3.63, 3.8) is 0 Å². The van der Waals surface area contributed by atoms with Crippen molar-refractivity contribution < 1.29 is 27.5 Å². The molecule has 1 heterocycles. The zero-order valence-electron chi connectivity index (χ0n) is 21.8. The summed E-state index contributed by atoms with van der Waals surface area (Å²) in [6.07, 6.45) is -0.803. The number of halogens is 3. The SMILES string of the molecule is CCCCOc1ccc([C@@H](C)NC(=O)c2ccc3c(c2)N(C)C(=O)/C(=C\c2ccc(C(F)(F)F)cc2)S3)cc1. The number of rotatable bonds is 8. The van der Waals surface area contributed by atoms with Crippen LogP contribution in [-0.2, 0) is 11.0 Å². The number of thioether (sulfide) groups is 1. The lowest BCUT2D eigenvalue weighted by Gasteiger charge is -2.27. The van der Waals surface area contributed by atoms with Crippen molar-refractivity contribution in [2.75, 3.05) is 18.6 Å². The molecule has 0 radical (unpaired) electrons. The number of likely N-dealkylation sites (N-methyl/N-ethyl adjacent to an activating group) is 1. The predicted molar refractivity (Wildman–Crippen MR) is 148 cm³/mol. The van der Waals surface area contributed by atoms with Crippen LogP contribution in [0.3, 0.4) is 0 Å². The highest BCUT2D eigenvalue weighted by Gasteiger charge is 2.30. The van der Waals surface area contributed by atoms with Crippen molar-refractivity contribution in [1.29, 1.82) is 0 Å². The van der Waals surface area contributed by atoms with Gasteiger partial charge in [-0.25, -0.2) is 0 Å². The minimum Gasteiger partial charge on any atom is -0.494 e. The van der Waals surface area contributed by atoms with Gasteiger partial charge in [0.1, 0.15) is 5.75 Å². The first-order valence-electron chi connectivity index (χ1n) is 12.6. The smallest absolute Gasteiger partial charge is 0.416 e. The first-order valence-corrected chi connectivity index (χ1v) is 13.4. The molecule has 204 valence electrons. The van der Waals surface area contributed by atoms with Gasteiger partial charge in [-0.1, -0.05) is 49.4 Å². The molecule has 1 N–H and O–H groups in total. The molecular formula is C30H29F3N2O3S. The Morgan fingerprint density at radius 1 is 1.08 bits per heavy atom. The van der Waals surface area contributed by atoms with Crippen LogP contribution in [0.25, 0.3) is 6.08 Å². The zero-order chi connectivity index (χ0) is 28.2. The summed E-state index contributed by atoms with van der Waals surface area (Å²) < 4.78 is 44.2. The third-order valence-electron chi connectivity index (χ3n) is 6.35. The van der Waals surface area contributed by atoms with Gasteiger partial charge in [0.2, 0.25) is 0 Å². The summed E-state index contributed by atoms with van der Waals surface area (Å²) in [6, 6.07) is 17.2. The van der Waals surface area contributed by atoms with E-state index in [1.165, 1.54) is 28.8 Å². The van der Waals surface area contributed by atoms with Crippen molar-refractivity contribution in [3.8, 4) is 5.75 Å². The lowest BCUT2D eigenvalue weighted by Crippen LogP contribution is -2.31. The number of fused-ring (bicyclic) bond motifs is 1. The van der Waals surface area contributed by atoms with Crippen molar-refractivity contribution in [1.82, 2.24) is 5.32 Å². The summed E-state index contributed by atoms with van der Waals surface area (Å²) in [7, 11) is 1.61. The average Bonchev–Trinajstić information content (AvgIpc) is 2.91. The van der Waals surface area contributed by atoms with E-state index in [9.17, 15) is 22.8 Å². The molecular weight excluding hydrogens is 525 g/mol. The number of benzene rings is 3. The van der Waals surface area contributed by atoms with Gasteiger partial charge in [0, 0.05) is 17.5 Å². The highest BCUT2D eigenvalue weighted by molar-refractivity contribution is 8.04. The van der Waals surface area contributed by atoms with Gasteiger partial charge in [-0.05, 0) is 73.0 Å². The van der Waals surface area contributed by atoms with E-state index >= 15 is 0 Å². The second-order valence-electron chi connectivity index (χ2n) is 9.24. The molecule has 0 unspecified atom stereocenters. The number of carbonyl (C=O) groups is 2. The number of nitrogens with zero attached hydrogens (tertiary/aromatic N) is 1. The van der Waals surface area contributed by atoms with Crippen molar-refractivity contribution in [2.45, 2.75) is 43.8 Å². The van der Waals surface area contributed by atoms with Crippen LogP contribution in [0.5, 0.6) is 5.75 Å². The monoisotopic (exact) mass is 554 g/mol. The Kier molecular flexibility index (Phi) is 8.70. The van der Waals surface area contributed by atoms with Crippen molar-refractivity contribution >= 4 is 35.3 Å². The van der Waals surface area contributed by atoms with Crippen LogP contribution in [0, 0.1) is 0 Å². The summed E-state index contributed by atoms with van der Waals surface area (Å²) in [4.78, 5) is 28.6. The molecule has 1 aliphatic heterocycles. The van der Waals surface area contributed by atoms with E-state index in [0.717, 1.165) is 41.2 Å². The molecule has 9 heteroatoms. The van der Waals surface area contributed by atoms with Crippen LogP contribution < -0.4 is 15.0 Å². The van der Waals surface area contributed by atoms with Gasteiger partial charge in [-0.3, -0.25) is 9.59 Å². The quantitative estimate of drug-likeness (QED) is 0.232. The van der Waals surface area contributed by atoms with E-state index in [-0.39, 0.29) is 17.9 Å². The third kappa shape index (κ3) is 6.84. The number of hydrogen-bond donors (Lipinski definition) is 1. The fraction of sp³-hybridized carbons (Fsp3) is 0.267. The average molecular weight is 555 g/mol. The van der Waals surface area contributed by atoms with Crippen LogP contribution in [-0.4, -0.2) is 25.5 Å². The highest BCUT2D eigenvalue weighted by Crippen LogP contribution is 2.42. The predicted octanol–water partition coefficient (Wildman–Crippen LogP) is 7.48. The second kappa shape index (κ2) is 12.0. The molecule has 3 aromatic carbocycles. The maximum atomic E-state index is 13.0. The van der Waals surface area contributed by atoms with Crippen molar-refractivity contribution in [2.24, 2.45) is 0 Å². The number of carbonyl (C=O) groups excluding carboxylic acids is 2. The zero-order valence-corrected chi connectivity index (χ0v) is 22.7. The van der Waals surface area contributed by atoms with Crippen LogP contribution in [0.2, 0.25) is 0 Å². The number of unbranched alkanes of at least 4 members (excludes halogenated alkanes) is 1. The second-order valence-corrected chi connectivity index (χ2v) is 10.3. The Bertz CT molecular complexity index is 1370. The molecule has 1 aliphatic rings. The Hall–Kier alpha value is -3.72. The summed E-state index contributed by atoms with van der Waals surface area (Å²) >= 11 is 1.22. The standard InChI is InChI=1S/C30H29F3N2O3S/c1-4-5-16-38-24-13-8-21(9-14-24)19(2)34-28(36)22-10-15-26-25(18-22)35(3)29(37)27(39-26)17-20-6-11-23(12-7-20)30(31,32)33/h6-15,17-19H,4-5,16H2,1-3H3,(H,34,36)/b27-17+/t19-/m1/s1. The summed E-state index contributed by atoms with van der Waals surface area (Å²) in [5.41, 5.74) is 1.67. The molecule has 0 aromatic heterocycles. The van der Waals surface area contributed by atoms with Crippen molar-refractivity contribution in [3.05, 3.63) is 93.9 Å². The Labute approximate surface area is 230 Å². The first kappa shape index (κ1) is 28.3.